The Morgan fingerprint density at radius 3 is 2.21 bits per heavy atom. The van der Waals surface area contributed by atoms with Crippen LogP contribution in [-0.2, 0) is 4.74 Å². The molecule has 1 aliphatic heterocycles. The topological polar surface area (TPSA) is 231 Å². The number of aromatic hydroxyl groups is 5. The highest BCUT2D eigenvalue weighted by Gasteiger charge is 2.45. The monoisotopic (exact) mass is 480 g/mol. The van der Waals surface area contributed by atoms with Crippen molar-refractivity contribution in [3.8, 4) is 45.8 Å². The molecule has 2 heterocycles. The molecule has 13 nitrogen and oxygen atoms in total. The molecule has 34 heavy (non-hydrogen) atoms. The lowest BCUT2D eigenvalue weighted by molar-refractivity contribution is -0.277. The van der Waals surface area contributed by atoms with Crippen LogP contribution in [0.3, 0.4) is 0 Å². The Hall–Kier alpha value is -3.75. The second-order valence-corrected chi connectivity index (χ2v) is 7.58. The zero-order valence-corrected chi connectivity index (χ0v) is 17.1. The summed E-state index contributed by atoms with van der Waals surface area (Å²) < 4.78 is 16.2. The van der Waals surface area contributed by atoms with Crippen LogP contribution in [0.25, 0.3) is 22.3 Å². The van der Waals surface area contributed by atoms with E-state index < -0.39 is 94.0 Å². The highest BCUT2D eigenvalue weighted by molar-refractivity contribution is 5.93. The predicted molar refractivity (Wildman–Crippen MR) is 111 cm³/mol. The molecule has 4 rings (SSSR count). The third kappa shape index (κ3) is 3.70. The van der Waals surface area contributed by atoms with Gasteiger partial charge in [-0.05, 0) is 18.2 Å². The van der Waals surface area contributed by atoms with Crippen LogP contribution in [-0.4, -0.2) is 83.3 Å². The van der Waals surface area contributed by atoms with Crippen LogP contribution in [0.5, 0.6) is 34.5 Å². The molecule has 2 aromatic carbocycles. The van der Waals surface area contributed by atoms with Gasteiger partial charge in [-0.25, -0.2) is 0 Å². The number of hydrogen-bond donors (Lipinski definition) is 9. The zero-order valence-electron chi connectivity index (χ0n) is 17.1. The number of benzene rings is 2. The first-order chi connectivity index (χ1) is 16.0. The van der Waals surface area contributed by atoms with Crippen LogP contribution in [0.1, 0.15) is 0 Å². The van der Waals surface area contributed by atoms with Gasteiger partial charge in [0.2, 0.25) is 23.2 Å². The number of rotatable bonds is 4. The first-order valence-electron chi connectivity index (χ1n) is 9.79. The van der Waals surface area contributed by atoms with E-state index in [0.29, 0.717) is 6.07 Å². The van der Waals surface area contributed by atoms with Crippen molar-refractivity contribution in [1.29, 1.82) is 0 Å². The second kappa shape index (κ2) is 8.55. The van der Waals surface area contributed by atoms with E-state index >= 15 is 0 Å². The normalized spacial score (nSPS) is 24.9. The average molecular weight is 480 g/mol. The van der Waals surface area contributed by atoms with Crippen LogP contribution >= 0.6 is 0 Å². The number of hydrogen-bond acceptors (Lipinski definition) is 13. The Balaban J connectivity index is 1.89. The molecule has 2 unspecified atom stereocenters. The van der Waals surface area contributed by atoms with Gasteiger partial charge in [-0.15, -0.1) is 0 Å². The summed E-state index contributed by atoms with van der Waals surface area (Å²) in [7, 11) is 0. The zero-order chi connectivity index (χ0) is 24.9. The maximum Gasteiger partial charge on any atom is 0.238 e. The summed E-state index contributed by atoms with van der Waals surface area (Å²) in [6.45, 7) is -0.759. The van der Waals surface area contributed by atoms with E-state index in [9.17, 15) is 50.8 Å². The predicted octanol–water partition coefficient (Wildman–Crippen LogP) is -0.833. The van der Waals surface area contributed by atoms with Crippen LogP contribution in [0.15, 0.2) is 33.5 Å². The first kappa shape index (κ1) is 23.4. The van der Waals surface area contributed by atoms with Gasteiger partial charge in [-0.2, -0.15) is 0 Å². The largest absolute Gasteiger partial charge is 0.507 e. The van der Waals surface area contributed by atoms with Crippen molar-refractivity contribution in [2.75, 3.05) is 6.61 Å². The van der Waals surface area contributed by atoms with Gasteiger partial charge in [0.25, 0.3) is 0 Å². The fourth-order valence-corrected chi connectivity index (χ4v) is 3.56. The van der Waals surface area contributed by atoms with Crippen molar-refractivity contribution >= 4 is 11.0 Å². The Kier molecular flexibility index (Phi) is 5.89. The van der Waals surface area contributed by atoms with Crippen molar-refractivity contribution in [3.63, 3.8) is 0 Å². The Morgan fingerprint density at radius 1 is 0.853 bits per heavy atom. The highest BCUT2D eigenvalue weighted by atomic mass is 16.7. The standard InChI is InChI=1S/C21H20O13/c22-5-11-13(27)15(29)17(31)21(32-11)34-19-10(26)4-9(25)12-14(28)16(30)18(33-20(12)19)6-1-2-7(23)8(24)3-6/h1-4,11,13,15,17,21-27,29-31H,5H2/t11?,13-,15+,17?,21+/m1/s1. The van der Waals surface area contributed by atoms with Gasteiger partial charge >= 0.3 is 0 Å². The molecule has 3 aromatic rings. The van der Waals surface area contributed by atoms with Gasteiger partial charge in [-0.3, -0.25) is 4.79 Å². The van der Waals surface area contributed by atoms with E-state index in [2.05, 4.69) is 0 Å². The molecule has 0 saturated carbocycles. The smallest absolute Gasteiger partial charge is 0.238 e. The summed E-state index contributed by atoms with van der Waals surface area (Å²) in [5.74, 6) is -4.84. The maximum atomic E-state index is 12.8. The second-order valence-electron chi connectivity index (χ2n) is 7.58. The molecule has 0 aliphatic carbocycles. The molecule has 0 bridgehead atoms. The van der Waals surface area contributed by atoms with Gasteiger partial charge in [0.1, 0.15) is 35.6 Å². The van der Waals surface area contributed by atoms with E-state index in [1.807, 2.05) is 0 Å². The van der Waals surface area contributed by atoms with Crippen LogP contribution in [0.4, 0.5) is 0 Å². The Bertz CT molecular complexity index is 1300. The molecule has 9 N–H and O–H groups in total. The molecule has 1 fully saturated rings. The number of phenols is 4. The highest BCUT2D eigenvalue weighted by Crippen LogP contribution is 2.44. The lowest BCUT2D eigenvalue weighted by Gasteiger charge is -2.39. The first-order valence-corrected chi connectivity index (χ1v) is 9.79. The van der Waals surface area contributed by atoms with E-state index in [1.165, 1.54) is 6.07 Å². The van der Waals surface area contributed by atoms with Crippen molar-refractivity contribution < 1.29 is 59.8 Å². The van der Waals surface area contributed by atoms with Crippen molar-refractivity contribution in [3.05, 3.63) is 34.5 Å². The molecule has 0 amide bonds. The number of aliphatic hydroxyl groups is 4. The number of ether oxygens (including phenoxy) is 2. The molecule has 1 aromatic heterocycles. The SMILES string of the molecule is O=c1c(O)c(-c2ccc(O)c(O)c2)oc2c(O[C@@H]3OC(CO)[C@@H](O)[C@H](O)C3O)c(O)cc(O)c12. The Morgan fingerprint density at radius 2 is 1.56 bits per heavy atom. The lowest BCUT2D eigenvalue weighted by atomic mass is 9.99. The molecule has 182 valence electrons. The van der Waals surface area contributed by atoms with Crippen molar-refractivity contribution in [2.24, 2.45) is 0 Å². The van der Waals surface area contributed by atoms with Crippen LogP contribution in [0.2, 0.25) is 0 Å². The summed E-state index contributed by atoms with van der Waals surface area (Å²) in [5.41, 5.74) is -1.84. The van der Waals surface area contributed by atoms with Gasteiger partial charge in [0.15, 0.2) is 28.6 Å². The van der Waals surface area contributed by atoms with E-state index in [4.69, 9.17) is 13.9 Å². The molecular weight excluding hydrogens is 460 g/mol. The van der Waals surface area contributed by atoms with Crippen molar-refractivity contribution in [2.45, 2.75) is 30.7 Å². The lowest BCUT2D eigenvalue weighted by Crippen LogP contribution is -2.60. The van der Waals surface area contributed by atoms with Crippen LogP contribution in [0, 0.1) is 0 Å². The minimum Gasteiger partial charge on any atom is -0.507 e. The summed E-state index contributed by atoms with van der Waals surface area (Å²) in [6.07, 6.45) is -8.50. The summed E-state index contributed by atoms with van der Waals surface area (Å²) in [6, 6.07) is 3.92. The number of phenolic OH excluding ortho intramolecular Hbond substituents is 4. The molecule has 13 heteroatoms. The quantitative estimate of drug-likeness (QED) is 0.208. The fraction of sp³-hybridized carbons (Fsp3) is 0.286. The van der Waals surface area contributed by atoms with Gasteiger partial charge in [-0.1, -0.05) is 0 Å². The summed E-state index contributed by atoms with van der Waals surface area (Å²) in [5, 5.41) is 89.0. The van der Waals surface area contributed by atoms with Gasteiger partial charge in [0.05, 0.1) is 6.61 Å². The minimum absolute atomic E-state index is 0.0755. The van der Waals surface area contributed by atoms with Gasteiger partial charge in [0, 0.05) is 11.6 Å². The van der Waals surface area contributed by atoms with E-state index in [0.717, 1.165) is 12.1 Å². The fourth-order valence-electron chi connectivity index (χ4n) is 3.56. The third-order valence-electron chi connectivity index (χ3n) is 5.38. The maximum absolute atomic E-state index is 12.8. The molecule has 0 spiro atoms. The Labute approximate surface area is 189 Å². The number of aliphatic hydroxyl groups excluding tert-OH is 4. The minimum atomic E-state index is -1.88. The van der Waals surface area contributed by atoms with Crippen molar-refractivity contribution in [1.82, 2.24) is 0 Å². The average Bonchev–Trinajstić information content (AvgIpc) is 2.80. The van der Waals surface area contributed by atoms with E-state index in [-0.39, 0.29) is 5.56 Å². The molecule has 1 saturated heterocycles. The molecular formula is C21H20O13. The summed E-state index contributed by atoms with van der Waals surface area (Å²) in [4.78, 5) is 12.8. The van der Waals surface area contributed by atoms with Gasteiger partial charge < -0.3 is 59.8 Å². The third-order valence-corrected chi connectivity index (χ3v) is 5.38. The molecule has 0 radical (unpaired) electrons. The van der Waals surface area contributed by atoms with E-state index in [1.54, 1.807) is 0 Å². The summed E-state index contributed by atoms with van der Waals surface area (Å²) >= 11 is 0. The molecule has 5 atom stereocenters. The molecule has 1 aliphatic rings. The van der Waals surface area contributed by atoms with Crippen LogP contribution < -0.4 is 10.2 Å². The number of fused-ring (bicyclic) bond motifs is 1.